The lowest BCUT2D eigenvalue weighted by Crippen LogP contribution is -2.34. The van der Waals surface area contributed by atoms with Crippen molar-refractivity contribution in [2.75, 3.05) is 20.2 Å². The van der Waals surface area contributed by atoms with E-state index in [0.717, 1.165) is 19.3 Å². The summed E-state index contributed by atoms with van der Waals surface area (Å²) in [5, 5.41) is 0. The molecule has 21 heavy (non-hydrogen) atoms. The van der Waals surface area contributed by atoms with Crippen molar-refractivity contribution in [2.24, 2.45) is 11.8 Å². The van der Waals surface area contributed by atoms with E-state index in [1.54, 1.807) is 13.2 Å². The van der Waals surface area contributed by atoms with E-state index < -0.39 is 15.8 Å². The molecule has 1 saturated carbocycles. The molecule has 1 aliphatic heterocycles. The van der Waals surface area contributed by atoms with Crippen LogP contribution in [-0.2, 0) is 14.8 Å². The Morgan fingerprint density at radius 3 is 2.71 bits per heavy atom. The molecule has 0 amide bonds. The Labute approximate surface area is 125 Å². The van der Waals surface area contributed by atoms with Crippen LogP contribution in [-0.4, -0.2) is 39.0 Å². The van der Waals surface area contributed by atoms with E-state index in [4.69, 9.17) is 4.74 Å². The number of methoxy groups -OCH3 is 1. The Bertz CT molecular complexity index is 619. The number of fused-ring (bicyclic) bond motifs is 1. The summed E-state index contributed by atoms with van der Waals surface area (Å²) in [4.78, 5) is -0.224. The van der Waals surface area contributed by atoms with Gasteiger partial charge in [-0.3, -0.25) is 0 Å². The highest BCUT2D eigenvalue weighted by atomic mass is 32.2. The van der Waals surface area contributed by atoms with Crippen molar-refractivity contribution in [1.82, 2.24) is 4.31 Å². The monoisotopic (exact) mass is 313 g/mol. The minimum absolute atomic E-state index is 0.115. The molecule has 1 saturated heterocycles. The lowest BCUT2D eigenvalue weighted by atomic mass is 9.79. The Hall–Kier alpha value is -0.980. The predicted molar refractivity (Wildman–Crippen MR) is 76.8 cm³/mol. The van der Waals surface area contributed by atoms with Gasteiger partial charge in [-0.15, -0.1) is 0 Å². The first kappa shape index (κ1) is 14.9. The van der Waals surface area contributed by atoms with Gasteiger partial charge in [0.15, 0.2) is 0 Å². The second kappa shape index (κ2) is 5.66. The molecule has 6 heteroatoms. The highest BCUT2D eigenvalue weighted by Gasteiger charge is 2.44. The molecule has 0 unspecified atom stereocenters. The van der Waals surface area contributed by atoms with Crippen molar-refractivity contribution in [2.45, 2.75) is 30.3 Å². The molecular formula is C15H20FNO3S. The van der Waals surface area contributed by atoms with Crippen molar-refractivity contribution in [3.8, 4) is 0 Å². The molecule has 1 aromatic rings. The van der Waals surface area contributed by atoms with Crippen molar-refractivity contribution >= 4 is 10.0 Å². The number of rotatable bonds is 3. The molecule has 1 heterocycles. The molecular weight excluding hydrogens is 293 g/mol. The molecule has 0 radical (unpaired) electrons. The molecule has 0 bridgehead atoms. The SMILES string of the molecule is CO[C@@H]1CCC[C@@H]2CN(S(=O)(=O)c3ccccc3F)C[C@@H]21. The summed E-state index contributed by atoms with van der Waals surface area (Å²) in [6, 6.07) is 5.57. The van der Waals surface area contributed by atoms with E-state index in [9.17, 15) is 12.8 Å². The Morgan fingerprint density at radius 1 is 1.24 bits per heavy atom. The number of ether oxygens (including phenoxy) is 1. The van der Waals surface area contributed by atoms with Crippen LogP contribution >= 0.6 is 0 Å². The molecule has 2 fully saturated rings. The first-order valence-corrected chi connectivity index (χ1v) is 8.75. The summed E-state index contributed by atoms with van der Waals surface area (Å²) in [7, 11) is -2.07. The van der Waals surface area contributed by atoms with Gasteiger partial charge < -0.3 is 4.74 Å². The maximum Gasteiger partial charge on any atom is 0.246 e. The molecule has 3 rings (SSSR count). The predicted octanol–water partition coefficient (Wildman–Crippen LogP) is 2.26. The molecule has 1 aliphatic carbocycles. The molecule has 3 atom stereocenters. The van der Waals surface area contributed by atoms with Gasteiger partial charge in [-0.25, -0.2) is 12.8 Å². The summed E-state index contributed by atoms with van der Waals surface area (Å²) in [5.41, 5.74) is 0. The number of benzene rings is 1. The van der Waals surface area contributed by atoms with Gasteiger partial charge in [0, 0.05) is 26.1 Å². The first-order valence-electron chi connectivity index (χ1n) is 7.31. The first-order chi connectivity index (χ1) is 10.0. The van der Waals surface area contributed by atoms with Crippen LogP contribution in [0.3, 0.4) is 0 Å². The normalized spacial score (nSPS) is 30.3. The van der Waals surface area contributed by atoms with Crippen LogP contribution in [0.15, 0.2) is 29.2 Å². The fourth-order valence-corrected chi connectivity index (χ4v) is 5.26. The van der Waals surface area contributed by atoms with Crippen LogP contribution in [0.4, 0.5) is 4.39 Å². The van der Waals surface area contributed by atoms with Gasteiger partial charge in [0.05, 0.1) is 6.10 Å². The van der Waals surface area contributed by atoms with Gasteiger partial charge in [-0.1, -0.05) is 18.6 Å². The van der Waals surface area contributed by atoms with Crippen LogP contribution in [0.5, 0.6) is 0 Å². The highest BCUT2D eigenvalue weighted by Crippen LogP contribution is 2.39. The number of halogens is 1. The minimum atomic E-state index is -3.76. The summed E-state index contributed by atoms with van der Waals surface area (Å²) in [5.74, 6) is -0.133. The lowest BCUT2D eigenvalue weighted by Gasteiger charge is -2.31. The van der Waals surface area contributed by atoms with E-state index >= 15 is 0 Å². The summed E-state index contributed by atoms with van der Waals surface area (Å²) < 4.78 is 46.0. The van der Waals surface area contributed by atoms with Crippen LogP contribution in [0, 0.1) is 17.7 Å². The van der Waals surface area contributed by atoms with Gasteiger partial charge in [-0.2, -0.15) is 4.31 Å². The third-order valence-electron chi connectivity index (χ3n) is 4.76. The number of hydrogen-bond acceptors (Lipinski definition) is 3. The maximum absolute atomic E-state index is 13.8. The van der Waals surface area contributed by atoms with Crippen LogP contribution in [0.2, 0.25) is 0 Å². The molecule has 0 N–H and O–H groups in total. The van der Waals surface area contributed by atoms with E-state index in [2.05, 4.69) is 0 Å². The highest BCUT2D eigenvalue weighted by molar-refractivity contribution is 7.89. The fourth-order valence-electron chi connectivity index (χ4n) is 3.66. The van der Waals surface area contributed by atoms with Crippen LogP contribution < -0.4 is 0 Å². The van der Waals surface area contributed by atoms with E-state index in [1.165, 1.54) is 22.5 Å². The molecule has 0 aromatic heterocycles. The molecule has 4 nitrogen and oxygen atoms in total. The van der Waals surface area contributed by atoms with Crippen LogP contribution in [0.1, 0.15) is 19.3 Å². The minimum Gasteiger partial charge on any atom is -0.381 e. The average molecular weight is 313 g/mol. The third kappa shape index (κ3) is 2.60. The summed E-state index contributed by atoms with van der Waals surface area (Å²) >= 11 is 0. The second-order valence-electron chi connectivity index (χ2n) is 5.88. The standard InChI is InChI=1S/C15H20FNO3S/c1-20-14-7-4-5-11-9-17(10-12(11)14)21(18,19)15-8-3-2-6-13(15)16/h2-3,6,8,11-12,14H,4-5,7,9-10H2,1H3/t11-,12+,14-/m1/s1. The number of nitrogens with zero attached hydrogens (tertiary/aromatic N) is 1. The fraction of sp³-hybridized carbons (Fsp3) is 0.600. The topological polar surface area (TPSA) is 46.6 Å². The average Bonchev–Trinajstić information content (AvgIpc) is 2.92. The number of sulfonamides is 1. The van der Waals surface area contributed by atoms with Crippen molar-refractivity contribution in [1.29, 1.82) is 0 Å². The third-order valence-corrected chi connectivity index (χ3v) is 6.62. The summed E-state index contributed by atoms with van der Waals surface area (Å²) in [6.07, 6.45) is 3.18. The Kier molecular flexibility index (Phi) is 4.03. The smallest absolute Gasteiger partial charge is 0.246 e. The van der Waals surface area contributed by atoms with Crippen molar-refractivity contribution in [3.05, 3.63) is 30.1 Å². The molecule has 2 aliphatic rings. The Morgan fingerprint density at radius 2 is 2.00 bits per heavy atom. The molecule has 1 aromatic carbocycles. The zero-order valence-electron chi connectivity index (χ0n) is 12.0. The number of hydrogen-bond donors (Lipinski definition) is 0. The van der Waals surface area contributed by atoms with E-state index in [-0.39, 0.29) is 16.9 Å². The van der Waals surface area contributed by atoms with Crippen molar-refractivity contribution in [3.63, 3.8) is 0 Å². The van der Waals surface area contributed by atoms with Gasteiger partial charge in [0.1, 0.15) is 10.7 Å². The van der Waals surface area contributed by atoms with Crippen LogP contribution in [0.25, 0.3) is 0 Å². The van der Waals surface area contributed by atoms with Gasteiger partial charge >= 0.3 is 0 Å². The van der Waals surface area contributed by atoms with E-state index in [1.807, 2.05) is 0 Å². The Balaban J connectivity index is 1.87. The van der Waals surface area contributed by atoms with E-state index in [0.29, 0.717) is 19.0 Å². The molecule has 0 spiro atoms. The van der Waals surface area contributed by atoms with Gasteiger partial charge in [0.25, 0.3) is 0 Å². The zero-order valence-corrected chi connectivity index (χ0v) is 12.9. The molecule has 116 valence electrons. The largest absolute Gasteiger partial charge is 0.381 e. The zero-order chi connectivity index (χ0) is 15.0. The second-order valence-corrected chi connectivity index (χ2v) is 7.79. The van der Waals surface area contributed by atoms with Gasteiger partial charge in [0.2, 0.25) is 10.0 Å². The van der Waals surface area contributed by atoms with Crippen molar-refractivity contribution < 1.29 is 17.5 Å². The maximum atomic E-state index is 13.8. The quantitative estimate of drug-likeness (QED) is 0.860. The lowest BCUT2D eigenvalue weighted by molar-refractivity contribution is 0.0133. The van der Waals surface area contributed by atoms with Gasteiger partial charge in [-0.05, 0) is 30.9 Å². The summed E-state index contributed by atoms with van der Waals surface area (Å²) in [6.45, 7) is 0.904.